The van der Waals surface area contributed by atoms with E-state index in [0.717, 1.165) is 23.8 Å². The third kappa shape index (κ3) is 3.98. The van der Waals surface area contributed by atoms with Crippen molar-refractivity contribution in [2.45, 2.75) is 19.3 Å². The van der Waals surface area contributed by atoms with E-state index >= 15 is 0 Å². The third-order valence-electron chi connectivity index (χ3n) is 2.93. The van der Waals surface area contributed by atoms with E-state index in [9.17, 15) is 13.6 Å². The van der Waals surface area contributed by atoms with Crippen molar-refractivity contribution >= 4 is 5.78 Å². The first-order valence-electron chi connectivity index (χ1n) is 6.15. The molecule has 0 aliphatic rings. The van der Waals surface area contributed by atoms with Gasteiger partial charge in [0.15, 0.2) is 0 Å². The summed E-state index contributed by atoms with van der Waals surface area (Å²) >= 11 is 0. The van der Waals surface area contributed by atoms with Crippen LogP contribution in [0.3, 0.4) is 0 Å². The molecule has 0 aromatic heterocycles. The molecule has 0 heterocycles. The lowest BCUT2D eigenvalue weighted by molar-refractivity contribution is -0.118. The highest BCUT2D eigenvalue weighted by atomic mass is 19.1. The molecular weight excluding hydrogens is 246 g/mol. The first-order valence-corrected chi connectivity index (χ1v) is 6.15. The Labute approximate surface area is 110 Å². The molecule has 0 aliphatic heterocycles. The maximum Gasteiger partial charge on any atom is 0.137 e. The second-order valence-electron chi connectivity index (χ2n) is 4.44. The number of hydrogen-bond donors (Lipinski definition) is 0. The molecule has 2 aromatic carbocycles. The summed E-state index contributed by atoms with van der Waals surface area (Å²) in [4.78, 5) is 11.8. The van der Waals surface area contributed by atoms with Gasteiger partial charge in [0.05, 0.1) is 0 Å². The van der Waals surface area contributed by atoms with Crippen LogP contribution in [0.2, 0.25) is 0 Å². The van der Waals surface area contributed by atoms with Crippen molar-refractivity contribution < 1.29 is 13.6 Å². The van der Waals surface area contributed by atoms with Gasteiger partial charge in [0.25, 0.3) is 0 Å². The Morgan fingerprint density at radius 3 is 2.47 bits per heavy atom. The Morgan fingerprint density at radius 2 is 1.74 bits per heavy atom. The highest BCUT2D eigenvalue weighted by molar-refractivity contribution is 5.81. The molecule has 0 saturated heterocycles. The predicted molar refractivity (Wildman–Crippen MR) is 69.8 cm³/mol. The highest BCUT2D eigenvalue weighted by Crippen LogP contribution is 2.12. The summed E-state index contributed by atoms with van der Waals surface area (Å²) in [5.74, 6) is -1.14. The normalized spacial score (nSPS) is 10.4. The van der Waals surface area contributed by atoms with Crippen molar-refractivity contribution in [1.82, 2.24) is 0 Å². The molecule has 1 nitrogen and oxygen atoms in total. The molecule has 0 spiro atoms. The van der Waals surface area contributed by atoms with Crippen LogP contribution in [0.25, 0.3) is 0 Å². The molecule has 0 bridgehead atoms. The van der Waals surface area contributed by atoms with Gasteiger partial charge in [-0.1, -0.05) is 30.3 Å². The molecule has 0 atom stereocenters. The van der Waals surface area contributed by atoms with E-state index in [1.807, 2.05) is 30.3 Å². The van der Waals surface area contributed by atoms with Crippen LogP contribution in [0.15, 0.2) is 48.5 Å². The number of ketones is 1. The van der Waals surface area contributed by atoms with Gasteiger partial charge in [0.2, 0.25) is 0 Å². The van der Waals surface area contributed by atoms with E-state index in [1.54, 1.807) is 0 Å². The monoisotopic (exact) mass is 260 g/mol. The smallest absolute Gasteiger partial charge is 0.137 e. The van der Waals surface area contributed by atoms with Gasteiger partial charge >= 0.3 is 0 Å². The largest absolute Gasteiger partial charge is 0.299 e. The number of Topliss-reactive ketones (excluding diaryl/α,β-unsaturated/α-hetero) is 1. The van der Waals surface area contributed by atoms with Crippen molar-refractivity contribution in [2.24, 2.45) is 0 Å². The standard InChI is InChI=1S/C16H14F2O/c17-14-7-9-16(18)13(10-14)11-15(19)8-6-12-4-2-1-3-5-12/h1-5,7,9-10H,6,8,11H2. The Morgan fingerprint density at radius 1 is 1.00 bits per heavy atom. The summed E-state index contributed by atoms with van der Waals surface area (Å²) < 4.78 is 26.3. The van der Waals surface area contributed by atoms with Gasteiger partial charge in [0, 0.05) is 12.8 Å². The zero-order chi connectivity index (χ0) is 13.7. The van der Waals surface area contributed by atoms with Gasteiger partial charge in [0.1, 0.15) is 17.4 Å². The Kier molecular flexibility index (Phi) is 4.39. The highest BCUT2D eigenvalue weighted by Gasteiger charge is 2.09. The van der Waals surface area contributed by atoms with E-state index in [1.165, 1.54) is 0 Å². The Bertz CT molecular complexity index is 564. The molecule has 0 saturated carbocycles. The summed E-state index contributed by atoms with van der Waals surface area (Å²) in [6, 6.07) is 12.8. The van der Waals surface area contributed by atoms with Gasteiger partial charge in [-0.2, -0.15) is 0 Å². The maximum absolute atomic E-state index is 13.4. The van der Waals surface area contributed by atoms with Gasteiger partial charge < -0.3 is 0 Å². The van der Waals surface area contributed by atoms with Crippen LogP contribution < -0.4 is 0 Å². The minimum Gasteiger partial charge on any atom is -0.299 e. The average molecular weight is 260 g/mol. The maximum atomic E-state index is 13.4. The summed E-state index contributed by atoms with van der Waals surface area (Å²) in [5.41, 5.74) is 1.19. The molecule has 0 amide bonds. The summed E-state index contributed by atoms with van der Waals surface area (Å²) in [7, 11) is 0. The fraction of sp³-hybridized carbons (Fsp3) is 0.188. The Hall–Kier alpha value is -2.03. The molecular formula is C16H14F2O. The summed E-state index contributed by atoms with van der Waals surface area (Å²) in [6.07, 6.45) is 0.896. The molecule has 2 rings (SSSR count). The van der Waals surface area contributed by atoms with Gasteiger partial charge in [-0.3, -0.25) is 4.79 Å². The minimum absolute atomic E-state index is 0.0591. The zero-order valence-electron chi connectivity index (χ0n) is 10.4. The van der Waals surface area contributed by atoms with E-state index in [2.05, 4.69) is 0 Å². The SMILES string of the molecule is O=C(CCc1ccccc1)Cc1cc(F)ccc1F. The number of benzene rings is 2. The molecule has 0 aliphatic carbocycles. The number of carbonyl (C=O) groups excluding carboxylic acids is 1. The van der Waals surface area contributed by atoms with Crippen molar-refractivity contribution in [3.05, 3.63) is 71.3 Å². The van der Waals surface area contributed by atoms with Crippen molar-refractivity contribution in [3.8, 4) is 0 Å². The van der Waals surface area contributed by atoms with Crippen molar-refractivity contribution in [1.29, 1.82) is 0 Å². The number of carbonyl (C=O) groups is 1. The second kappa shape index (κ2) is 6.23. The lowest BCUT2D eigenvalue weighted by atomic mass is 10.0. The van der Waals surface area contributed by atoms with Crippen LogP contribution in [-0.2, 0) is 17.6 Å². The molecule has 0 unspecified atom stereocenters. The zero-order valence-corrected chi connectivity index (χ0v) is 10.4. The predicted octanol–water partition coefficient (Wildman–Crippen LogP) is 3.71. The van der Waals surface area contributed by atoms with E-state index in [0.29, 0.717) is 12.8 Å². The summed E-state index contributed by atoms with van der Waals surface area (Å²) in [5, 5.41) is 0. The van der Waals surface area contributed by atoms with Gasteiger partial charge in [-0.15, -0.1) is 0 Å². The molecule has 98 valence electrons. The number of halogens is 2. The van der Waals surface area contributed by atoms with Crippen LogP contribution >= 0.6 is 0 Å². The minimum atomic E-state index is -0.533. The van der Waals surface area contributed by atoms with Gasteiger partial charge in [-0.05, 0) is 35.7 Å². The third-order valence-corrected chi connectivity index (χ3v) is 2.93. The lowest BCUT2D eigenvalue weighted by Crippen LogP contribution is -2.06. The first kappa shape index (κ1) is 13.4. The van der Waals surface area contributed by atoms with E-state index in [4.69, 9.17) is 0 Å². The molecule has 2 aromatic rings. The number of aryl methyl sites for hydroxylation is 1. The molecule has 0 radical (unpaired) electrons. The van der Waals surface area contributed by atoms with E-state index in [-0.39, 0.29) is 17.8 Å². The molecule has 0 N–H and O–H groups in total. The molecule has 19 heavy (non-hydrogen) atoms. The lowest BCUT2D eigenvalue weighted by Gasteiger charge is -2.04. The number of hydrogen-bond acceptors (Lipinski definition) is 1. The first-order chi connectivity index (χ1) is 9.15. The quantitative estimate of drug-likeness (QED) is 0.801. The van der Waals surface area contributed by atoms with Crippen LogP contribution in [-0.4, -0.2) is 5.78 Å². The van der Waals surface area contributed by atoms with Crippen LogP contribution in [0.4, 0.5) is 8.78 Å². The Balaban J connectivity index is 1.93. The van der Waals surface area contributed by atoms with Crippen molar-refractivity contribution in [3.63, 3.8) is 0 Å². The fourth-order valence-electron chi connectivity index (χ4n) is 1.91. The average Bonchev–Trinajstić information content (AvgIpc) is 2.42. The van der Waals surface area contributed by atoms with Crippen LogP contribution in [0.5, 0.6) is 0 Å². The van der Waals surface area contributed by atoms with Gasteiger partial charge in [-0.25, -0.2) is 8.78 Å². The summed E-state index contributed by atoms with van der Waals surface area (Å²) in [6.45, 7) is 0. The number of rotatable bonds is 5. The van der Waals surface area contributed by atoms with Crippen molar-refractivity contribution in [2.75, 3.05) is 0 Å². The molecule has 0 fully saturated rings. The van der Waals surface area contributed by atoms with Crippen LogP contribution in [0.1, 0.15) is 17.5 Å². The topological polar surface area (TPSA) is 17.1 Å². The second-order valence-corrected chi connectivity index (χ2v) is 4.44. The fourth-order valence-corrected chi connectivity index (χ4v) is 1.91. The van der Waals surface area contributed by atoms with Crippen LogP contribution in [0, 0.1) is 11.6 Å². The molecule has 3 heteroatoms. The van der Waals surface area contributed by atoms with E-state index < -0.39 is 11.6 Å².